The summed E-state index contributed by atoms with van der Waals surface area (Å²) in [5, 5.41) is 15.3. The summed E-state index contributed by atoms with van der Waals surface area (Å²) in [7, 11) is 0. The first kappa shape index (κ1) is 29.4. The van der Waals surface area contributed by atoms with Crippen LogP contribution in [0.2, 0.25) is 0 Å². The highest BCUT2D eigenvalue weighted by Gasteiger charge is 2.19. The topological polar surface area (TPSA) is 9.86 Å². The molecule has 0 aliphatic carbocycles. The summed E-state index contributed by atoms with van der Waals surface area (Å²) < 4.78 is 4.88. The minimum absolute atomic E-state index is 1.15. The standard InChI is InChI=1S/C52H32N2/c1-2-14-37(15-3-1)54-50-30-35-13-5-4-12-34(35)29-46(50)48-31-47-44-20-10-11-21-49(44)53(51(47)32-52(48)54)38-25-22-33(23-26-38)36-24-27-43-41-18-7-6-16-39(41)40-17-8-9-19-42(40)45(43)28-36/h1-32H. The van der Waals surface area contributed by atoms with E-state index in [1.807, 2.05) is 0 Å². The van der Waals surface area contributed by atoms with Crippen LogP contribution in [-0.2, 0) is 0 Å². The third-order valence-electron chi connectivity index (χ3n) is 11.6. The van der Waals surface area contributed by atoms with Crippen LogP contribution in [0, 0.1) is 0 Å². The molecule has 0 saturated carbocycles. The Morgan fingerprint density at radius 1 is 0.222 bits per heavy atom. The van der Waals surface area contributed by atoms with Crippen LogP contribution in [0.3, 0.4) is 0 Å². The predicted octanol–water partition coefficient (Wildman–Crippen LogP) is 14.2. The highest BCUT2D eigenvalue weighted by Crippen LogP contribution is 2.42. The largest absolute Gasteiger partial charge is 0.309 e. The first-order valence-corrected chi connectivity index (χ1v) is 18.7. The number of rotatable bonds is 3. The Morgan fingerprint density at radius 3 is 1.39 bits per heavy atom. The lowest BCUT2D eigenvalue weighted by atomic mass is 9.92. The van der Waals surface area contributed by atoms with Gasteiger partial charge in [-0.3, -0.25) is 0 Å². The van der Waals surface area contributed by atoms with E-state index < -0.39 is 0 Å². The molecule has 2 heterocycles. The van der Waals surface area contributed by atoms with Crippen LogP contribution >= 0.6 is 0 Å². The van der Waals surface area contributed by atoms with Gasteiger partial charge in [0, 0.05) is 32.9 Å². The molecule has 250 valence electrons. The molecule has 2 nitrogen and oxygen atoms in total. The van der Waals surface area contributed by atoms with Crippen molar-refractivity contribution in [2.75, 3.05) is 0 Å². The maximum Gasteiger partial charge on any atom is 0.0562 e. The van der Waals surface area contributed by atoms with E-state index in [-0.39, 0.29) is 0 Å². The Labute approximate surface area is 311 Å². The van der Waals surface area contributed by atoms with Crippen LogP contribution in [0.1, 0.15) is 0 Å². The van der Waals surface area contributed by atoms with Gasteiger partial charge in [0.15, 0.2) is 0 Å². The predicted molar refractivity (Wildman–Crippen MR) is 231 cm³/mol. The second kappa shape index (κ2) is 11.2. The molecule has 0 aliphatic rings. The second-order valence-electron chi connectivity index (χ2n) is 14.5. The van der Waals surface area contributed by atoms with Gasteiger partial charge in [0.05, 0.1) is 22.1 Å². The molecular formula is C52H32N2. The lowest BCUT2D eigenvalue weighted by Crippen LogP contribution is -1.96. The summed E-state index contributed by atoms with van der Waals surface area (Å²) in [5.41, 5.74) is 9.57. The number of fused-ring (bicyclic) bond motifs is 13. The third kappa shape index (κ3) is 4.17. The summed E-state index contributed by atoms with van der Waals surface area (Å²) in [4.78, 5) is 0. The zero-order valence-electron chi connectivity index (χ0n) is 29.4. The van der Waals surface area contributed by atoms with Crippen LogP contribution in [0.5, 0.6) is 0 Å². The molecular weight excluding hydrogens is 653 g/mol. The van der Waals surface area contributed by atoms with Gasteiger partial charge in [-0.05, 0) is 115 Å². The zero-order chi connectivity index (χ0) is 35.3. The summed E-state index contributed by atoms with van der Waals surface area (Å²) in [5.74, 6) is 0. The van der Waals surface area contributed by atoms with Gasteiger partial charge in [0.1, 0.15) is 0 Å². The number of hydrogen-bond donors (Lipinski definition) is 0. The molecule has 10 aromatic carbocycles. The fourth-order valence-corrected chi connectivity index (χ4v) is 9.19. The van der Waals surface area contributed by atoms with E-state index in [4.69, 9.17) is 0 Å². The Balaban J connectivity index is 1.07. The van der Waals surface area contributed by atoms with Crippen molar-refractivity contribution in [1.29, 1.82) is 0 Å². The van der Waals surface area contributed by atoms with Crippen molar-refractivity contribution in [3.63, 3.8) is 0 Å². The number of hydrogen-bond acceptors (Lipinski definition) is 0. The molecule has 0 unspecified atom stereocenters. The van der Waals surface area contributed by atoms with Crippen molar-refractivity contribution in [2.24, 2.45) is 0 Å². The molecule has 0 aliphatic heterocycles. The summed E-state index contributed by atoms with van der Waals surface area (Å²) >= 11 is 0. The maximum atomic E-state index is 2.44. The van der Waals surface area contributed by atoms with Crippen LogP contribution < -0.4 is 0 Å². The Hall–Kier alpha value is -7.16. The zero-order valence-corrected chi connectivity index (χ0v) is 29.4. The molecule has 0 spiro atoms. The molecule has 0 bridgehead atoms. The molecule has 2 heteroatoms. The van der Waals surface area contributed by atoms with Gasteiger partial charge in [0.2, 0.25) is 0 Å². The van der Waals surface area contributed by atoms with Crippen molar-refractivity contribution >= 4 is 86.7 Å². The van der Waals surface area contributed by atoms with Crippen LogP contribution in [0.4, 0.5) is 0 Å². The second-order valence-corrected chi connectivity index (χ2v) is 14.5. The fraction of sp³-hybridized carbons (Fsp3) is 0. The molecule has 0 N–H and O–H groups in total. The highest BCUT2D eigenvalue weighted by molar-refractivity contribution is 6.26. The number of aromatic nitrogens is 2. The first-order chi connectivity index (χ1) is 26.8. The molecule has 12 rings (SSSR count). The number of nitrogens with zero attached hydrogens (tertiary/aromatic N) is 2. The van der Waals surface area contributed by atoms with Crippen molar-refractivity contribution in [3.8, 4) is 22.5 Å². The first-order valence-electron chi connectivity index (χ1n) is 18.7. The van der Waals surface area contributed by atoms with Crippen LogP contribution in [-0.4, -0.2) is 9.13 Å². The quantitative estimate of drug-likeness (QED) is 0.164. The van der Waals surface area contributed by atoms with Gasteiger partial charge in [-0.1, -0.05) is 133 Å². The molecule has 0 fully saturated rings. The van der Waals surface area contributed by atoms with Crippen LogP contribution in [0.15, 0.2) is 194 Å². The molecule has 0 saturated heterocycles. The van der Waals surface area contributed by atoms with Crippen molar-refractivity contribution in [2.45, 2.75) is 0 Å². The van der Waals surface area contributed by atoms with Gasteiger partial charge >= 0.3 is 0 Å². The Bertz CT molecular complexity index is 3440. The molecule has 54 heavy (non-hydrogen) atoms. The van der Waals surface area contributed by atoms with E-state index in [0.717, 1.165) is 11.4 Å². The summed E-state index contributed by atoms with van der Waals surface area (Å²) in [6.07, 6.45) is 0. The minimum atomic E-state index is 1.15. The van der Waals surface area contributed by atoms with E-state index in [1.54, 1.807) is 0 Å². The lowest BCUT2D eigenvalue weighted by molar-refractivity contribution is 1.17. The average Bonchev–Trinajstić information content (AvgIpc) is 3.73. The Morgan fingerprint density at radius 2 is 0.685 bits per heavy atom. The monoisotopic (exact) mass is 684 g/mol. The highest BCUT2D eigenvalue weighted by atomic mass is 15.0. The molecule has 0 radical (unpaired) electrons. The van der Waals surface area contributed by atoms with E-state index in [1.165, 1.54) is 97.8 Å². The number of para-hydroxylation sites is 2. The van der Waals surface area contributed by atoms with Gasteiger partial charge in [-0.25, -0.2) is 0 Å². The molecule has 0 amide bonds. The van der Waals surface area contributed by atoms with Gasteiger partial charge < -0.3 is 9.13 Å². The molecule has 0 atom stereocenters. The van der Waals surface area contributed by atoms with Crippen molar-refractivity contribution < 1.29 is 0 Å². The van der Waals surface area contributed by atoms with Crippen molar-refractivity contribution in [1.82, 2.24) is 9.13 Å². The van der Waals surface area contributed by atoms with Crippen molar-refractivity contribution in [3.05, 3.63) is 194 Å². The minimum Gasteiger partial charge on any atom is -0.309 e. The molecule has 2 aromatic heterocycles. The summed E-state index contributed by atoms with van der Waals surface area (Å²) in [6, 6.07) is 71.5. The fourth-order valence-electron chi connectivity index (χ4n) is 9.19. The normalized spacial score (nSPS) is 12.1. The average molecular weight is 685 g/mol. The SMILES string of the molecule is c1ccc(-n2c3cc4ccccc4cc3c3cc4c5ccccc5n(-c5ccc(-c6ccc7c8ccccc8c8ccccc8c7c6)cc5)c4cc32)cc1. The van der Waals surface area contributed by atoms with E-state index in [9.17, 15) is 0 Å². The van der Waals surface area contributed by atoms with Gasteiger partial charge in [0.25, 0.3) is 0 Å². The van der Waals surface area contributed by atoms with Gasteiger partial charge in [-0.15, -0.1) is 0 Å². The van der Waals surface area contributed by atoms with Crippen LogP contribution in [0.25, 0.3) is 109 Å². The lowest BCUT2D eigenvalue weighted by Gasteiger charge is -2.13. The molecule has 12 aromatic rings. The van der Waals surface area contributed by atoms with E-state index in [2.05, 4.69) is 203 Å². The third-order valence-corrected chi connectivity index (χ3v) is 11.6. The van der Waals surface area contributed by atoms with E-state index in [0.29, 0.717) is 0 Å². The smallest absolute Gasteiger partial charge is 0.0562 e. The summed E-state index contributed by atoms with van der Waals surface area (Å²) in [6.45, 7) is 0. The van der Waals surface area contributed by atoms with Gasteiger partial charge in [-0.2, -0.15) is 0 Å². The number of benzene rings is 10. The maximum absolute atomic E-state index is 2.44. The Kier molecular flexibility index (Phi) is 6.09. The van der Waals surface area contributed by atoms with E-state index >= 15 is 0 Å².